The summed E-state index contributed by atoms with van der Waals surface area (Å²) < 4.78 is 80.5. The molecule has 0 saturated carbocycles. The molecule has 0 aliphatic carbocycles. The maximum Gasteiger partial charge on any atom is 0.405 e. The van der Waals surface area contributed by atoms with Crippen molar-refractivity contribution in [1.29, 1.82) is 0 Å². The van der Waals surface area contributed by atoms with E-state index in [4.69, 9.17) is 34.8 Å². The van der Waals surface area contributed by atoms with Crippen LogP contribution in [0, 0.1) is 0 Å². The zero-order valence-corrected chi connectivity index (χ0v) is 22.6. The summed E-state index contributed by atoms with van der Waals surface area (Å²) in [5.41, 5.74) is 1.65. The lowest BCUT2D eigenvalue weighted by Gasteiger charge is -2.22. The van der Waals surface area contributed by atoms with E-state index >= 15 is 4.39 Å². The zero-order valence-electron chi connectivity index (χ0n) is 18.8. The summed E-state index contributed by atoms with van der Waals surface area (Å²) in [7, 11) is 1.01. The number of carbonyl (C=O) groups is 2. The van der Waals surface area contributed by atoms with Crippen LogP contribution in [0.25, 0.3) is 5.83 Å². The van der Waals surface area contributed by atoms with Gasteiger partial charge in [0.25, 0.3) is 11.8 Å². The highest BCUT2D eigenvalue weighted by atomic mass is 79.9. The van der Waals surface area contributed by atoms with E-state index in [1.165, 1.54) is 0 Å². The Kier molecular flexibility index (Phi) is 10.2. The number of carbonyl (C=O) groups excluding carboxylic acids is 2. The van der Waals surface area contributed by atoms with E-state index in [1.807, 2.05) is 0 Å². The fourth-order valence-corrected chi connectivity index (χ4v) is 4.11. The maximum atomic E-state index is 15.1. The van der Waals surface area contributed by atoms with E-state index in [1.54, 1.807) is 5.32 Å². The number of rotatable bonds is 6. The number of urea groups is 1. The standard InChI is InChI=1S/C22H17BrCl3F6N3O2/c1-21(28,29)13(11-6-15(24)18(26)16(25)7-11)8-17(27)10-3-4-12(14(23)5-10)19(36)34-35(2)20(37)33-9-22(30,31)32/h3-8,13H,9H2,1-2H3,(H,33,37)(H,34,36)/b17-8-. The Morgan fingerprint density at radius 3 is 2.14 bits per heavy atom. The topological polar surface area (TPSA) is 61.4 Å². The maximum absolute atomic E-state index is 15.1. The minimum absolute atomic E-state index is 0.00698. The van der Waals surface area contributed by atoms with Crippen molar-refractivity contribution in [1.82, 2.24) is 15.8 Å². The molecule has 37 heavy (non-hydrogen) atoms. The monoisotopic (exact) mass is 653 g/mol. The van der Waals surface area contributed by atoms with Crippen LogP contribution in [0.3, 0.4) is 0 Å². The van der Waals surface area contributed by atoms with Gasteiger partial charge in [-0.05, 0) is 51.8 Å². The van der Waals surface area contributed by atoms with Crippen molar-refractivity contribution >= 4 is 68.5 Å². The number of halogens is 10. The third-order valence-electron chi connectivity index (χ3n) is 4.73. The van der Waals surface area contributed by atoms with Crippen molar-refractivity contribution in [3.63, 3.8) is 0 Å². The molecule has 2 N–H and O–H groups in total. The molecule has 15 heteroatoms. The van der Waals surface area contributed by atoms with Crippen molar-refractivity contribution in [3.8, 4) is 0 Å². The first-order valence-electron chi connectivity index (χ1n) is 9.99. The van der Waals surface area contributed by atoms with Crippen molar-refractivity contribution in [2.24, 2.45) is 0 Å². The minimum atomic E-state index is -4.65. The number of nitrogens with one attached hydrogen (secondary N) is 2. The smallest absolute Gasteiger partial charge is 0.327 e. The van der Waals surface area contributed by atoms with Gasteiger partial charge in [-0.15, -0.1) is 0 Å². The average Bonchev–Trinajstić information content (AvgIpc) is 2.77. The first-order valence-corrected chi connectivity index (χ1v) is 11.9. The molecule has 0 heterocycles. The highest BCUT2D eigenvalue weighted by Gasteiger charge is 2.35. The SMILES string of the molecule is CN(NC(=O)c1ccc(/C(F)=C/C(c2cc(Cl)c(Cl)c(Cl)c2)C(C)(F)F)cc1Br)C(=O)NCC(F)(F)F. The molecule has 2 aromatic carbocycles. The summed E-state index contributed by atoms with van der Waals surface area (Å²) >= 11 is 20.8. The zero-order chi connectivity index (χ0) is 28.3. The molecule has 2 aromatic rings. The van der Waals surface area contributed by atoms with Gasteiger partial charge in [0, 0.05) is 24.0 Å². The van der Waals surface area contributed by atoms with Gasteiger partial charge >= 0.3 is 12.2 Å². The van der Waals surface area contributed by atoms with Gasteiger partial charge in [-0.2, -0.15) is 13.2 Å². The van der Waals surface area contributed by atoms with Crippen LogP contribution in [0.1, 0.15) is 34.3 Å². The molecule has 1 atom stereocenters. The van der Waals surface area contributed by atoms with E-state index in [2.05, 4.69) is 21.4 Å². The van der Waals surface area contributed by atoms with Gasteiger partial charge in [0.15, 0.2) is 0 Å². The third kappa shape index (κ3) is 8.69. The molecule has 1 unspecified atom stereocenters. The first kappa shape index (κ1) is 31.1. The number of allylic oxidation sites excluding steroid dienone is 1. The van der Waals surface area contributed by atoms with Crippen LogP contribution in [0.15, 0.2) is 40.9 Å². The molecule has 0 spiro atoms. The third-order valence-corrected chi connectivity index (χ3v) is 6.58. The molecule has 0 aliphatic rings. The fraction of sp³-hybridized carbons (Fsp3) is 0.273. The van der Waals surface area contributed by atoms with E-state index in [0.717, 1.165) is 37.4 Å². The van der Waals surface area contributed by atoms with Gasteiger partial charge in [0.1, 0.15) is 12.4 Å². The van der Waals surface area contributed by atoms with Gasteiger partial charge in [-0.1, -0.05) is 40.9 Å². The molecule has 202 valence electrons. The molecule has 2 rings (SSSR count). The molecular weight excluding hydrogens is 639 g/mol. The van der Waals surface area contributed by atoms with E-state index in [9.17, 15) is 31.5 Å². The van der Waals surface area contributed by atoms with Crippen LogP contribution in [0.5, 0.6) is 0 Å². The molecule has 0 bridgehead atoms. The second-order valence-corrected chi connectivity index (χ2v) is 9.76. The Morgan fingerprint density at radius 1 is 1.08 bits per heavy atom. The molecule has 0 aliphatic heterocycles. The fourth-order valence-electron chi connectivity index (χ4n) is 2.94. The average molecular weight is 656 g/mol. The summed E-state index contributed by atoms with van der Waals surface area (Å²) in [5.74, 6) is -7.21. The van der Waals surface area contributed by atoms with Gasteiger partial charge in [0.2, 0.25) is 0 Å². The lowest BCUT2D eigenvalue weighted by molar-refractivity contribution is -0.123. The summed E-state index contributed by atoms with van der Waals surface area (Å²) in [4.78, 5) is 24.1. The Labute approximate surface area is 230 Å². The Bertz CT molecular complexity index is 1200. The quantitative estimate of drug-likeness (QED) is 0.188. The Morgan fingerprint density at radius 2 is 1.65 bits per heavy atom. The summed E-state index contributed by atoms with van der Waals surface area (Å²) in [5, 5.41) is 1.82. The molecule has 0 aromatic heterocycles. The number of nitrogens with zero attached hydrogens (tertiary/aromatic N) is 1. The van der Waals surface area contributed by atoms with Crippen LogP contribution in [0.2, 0.25) is 15.1 Å². The molecular formula is C22H17BrCl3F6N3O2. The first-order chi connectivity index (χ1) is 16.9. The number of amides is 3. The predicted molar refractivity (Wildman–Crippen MR) is 133 cm³/mol. The second kappa shape index (κ2) is 12.1. The van der Waals surface area contributed by atoms with E-state index in [-0.39, 0.29) is 36.2 Å². The van der Waals surface area contributed by atoms with Crippen LogP contribution < -0.4 is 10.7 Å². The normalized spacial score (nSPS) is 13.2. The van der Waals surface area contributed by atoms with Crippen LogP contribution in [-0.4, -0.2) is 42.6 Å². The molecule has 5 nitrogen and oxygen atoms in total. The highest BCUT2D eigenvalue weighted by Crippen LogP contribution is 2.41. The Hall–Kier alpha value is -2.15. The summed E-state index contributed by atoms with van der Waals surface area (Å²) in [6.07, 6.45) is -3.99. The number of alkyl halides is 5. The Balaban J connectivity index is 2.27. The lowest BCUT2D eigenvalue weighted by atomic mass is 9.92. The number of hydrazine groups is 1. The van der Waals surface area contributed by atoms with Crippen LogP contribution >= 0.6 is 50.7 Å². The van der Waals surface area contributed by atoms with Crippen LogP contribution in [0.4, 0.5) is 31.1 Å². The van der Waals surface area contributed by atoms with E-state index in [0.29, 0.717) is 18.0 Å². The van der Waals surface area contributed by atoms with Gasteiger partial charge in [-0.3, -0.25) is 10.2 Å². The lowest BCUT2D eigenvalue weighted by Crippen LogP contribution is -2.50. The number of hydrogen-bond donors (Lipinski definition) is 2. The van der Waals surface area contributed by atoms with Crippen molar-refractivity contribution in [2.75, 3.05) is 13.6 Å². The molecule has 3 amide bonds. The largest absolute Gasteiger partial charge is 0.405 e. The highest BCUT2D eigenvalue weighted by molar-refractivity contribution is 9.10. The minimum Gasteiger partial charge on any atom is -0.327 e. The van der Waals surface area contributed by atoms with E-state index < -0.39 is 42.3 Å². The molecule has 0 saturated heterocycles. The van der Waals surface area contributed by atoms with Gasteiger partial charge in [-0.25, -0.2) is 23.0 Å². The van der Waals surface area contributed by atoms with Gasteiger partial charge < -0.3 is 5.32 Å². The van der Waals surface area contributed by atoms with Gasteiger partial charge in [0.05, 0.1) is 26.5 Å². The summed E-state index contributed by atoms with van der Waals surface area (Å²) in [6.45, 7) is -1.02. The number of hydrogen-bond acceptors (Lipinski definition) is 2. The van der Waals surface area contributed by atoms with Crippen molar-refractivity contribution < 1.29 is 35.9 Å². The van der Waals surface area contributed by atoms with Crippen LogP contribution in [-0.2, 0) is 0 Å². The number of benzene rings is 2. The molecule has 0 fully saturated rings. The summed E-state index contributed by atoms with van der Waals surface area (Å²) in [6, 6.07) is 4.41. The predicted octanol–water partition coefficient (Wildman–Crippen LogP) is 8.01. The molecule has 0 radical (unpaired) electrons. The van der Waals surface area contributed by atoms with Crippen molar-refractivity contribution in [2.45, 2.75) is 24.9 Å². The second-order valence-electron chi connectivity index (χ2n) is 7.72. The van der Waals surface area contributed by atoms with Crippen molar-refractivity contribution in [3.05, 3.63) is 72.6 Å².